The molecule has 1 aliphatic heterocycles. The topological polar surface area (TPSA) is 88.5 Å². The molecule has 35 heavy (non-hydrogen) atoms. The standard InChI is InChI=1S/C27H33N5O3/c1-19-11-12-22(26(33)30-35-3)17-23(19)32-16-13-28-25(27(32)34)29-24(21-9-5-4-6-10-21)20(2)18-31-14-7-8-15-31/h4-6,9-13,16-17,20,24H,7-8,14-15,18H2,1-3H3,(H,28,29)(H,30,33)/t20-,24+/m0/s1. The van der Waals surface area contributed by atoms with E-state index in [-0.39, 0.29) is 29.2 Å². The summed E-state index contributed by atoms with van der Waals surface area (Å²) in [4.78, 5) is 37.5. The van der Waals surface area contributed by atoms with Crippen molar-refractivity contribution in [1.82, 2.24) is 19.9 Å². The van der Waals surface area contributed by atoms with E-state index in [0.717, 1.165) is 30.8 Å². The van der Waals surface area contributed by atoms with Crippen molar-refractivity contribution in [2.45, 2.75) is 32.7 Å². The highest BCUT2D eigenvalue weighted by Crippen LogP contribution is 2.27. The predicted octanol–water partition coefficient (Wildman–Crippen LogP) is 3.72. The molecule has 2 heterocycles. The van der Waals surface area contributed by atoms with E-state index in [1.807, 2.05) is 31.2 Å². The number of carbonyl (C=O) groups is 1. The number of hydrogen-bond donors (Lipinski definition) is 2. The SMILES string of the molecule is CONC(=O)c1ccc(C)c(-n2ccnc(N[C@@H](c3ccccc3)[C@@H](C)CN3CCCC3)c2=O)c1. The highest BCUT2D eigenvalue weighted by Gasteiger charge is 2.25. The second kappa shape index (κ2) is 11.3. The molecule has 2 aromatic carbocycles. The molecule has 1 fully saturated rings. The van der Waals surface area contributed by atoms with E-state index in [4.69, 9.17) is 4.84 Å². The average molecular weight is 476 g/mol. The van der Waals surface area contributed by atoms with Crippen LogP contribution < -0.4 is 16.4 Å². The molecule has 1 aliphatic rings. The maximum Gasteiger partial charge on any atom is 0.297 e. The molecule has 4 rings (SSSR count). The Kier molecular flexibility index (Phi) is 7.94. The number of anilines is 1. The van der Waals surface area contributed by atoms with Crippen molar-refractivity contribution < 1.29 is 9.63 Å². The molecule has 1 amide bonds. The molecule has 2 N–H and O–H groups in total. The molecule has 0 bridgehead atoms. The van der Waals surface area contributed by atoms with E-state index in [0.29, 0.717) is 11.3 Å². The van der Waals surface area contributed by atoms with Gasteiger partial charge in [0, 0.05) is 24.5 Å². The molecular formula is C27H33N5O3. The minimum atomic E-state index is -0.380. The van der Waals surface area contributed by atoms with Crippen LogP contribution in [-0.4, -0.2) is 47.1 Å². The third-order valence-corrected chi connectivity index (χ3v) is 6.53. The van der Waals surface area contributed by atoms with E-state index in [1.165, 1.54) is 24.5 Å². The zero-order valence-electron chi connectivity index (χ0n) is 20.5. The van der Waals surface area contributed by atoms with Crippen LogP contribution in [0.25, 0.3) is 5.69 Å². The highest BCUT2D eigenvalue weighted by molar-refractivity contribution is 5.94. The summed E-state index contributed by atoms with van der Waals surface area (Å²) >= 11 is 0. The number of aromatic nitrogens is 2. The smallest absolute Gasteiger partial charge is 0.297 e. The van der Waals surface area contributed by atoms with Gasteiger partial charge in [-0.3, -0.25) is 19.0 Å². The lowest BCUT2D eigenvalue weighted by Crippen LogP contribution is -2.33. The first-order valence-corrected chi connectivity index (χ1v) is 12.0. The van der Waals surface area contributed by atoms with Crippen molar-refractivity contribution >= 4 is 11.7 Å². The third-order valence-electron chi connectivity index (χ3n) is 6.53. The van der Waals surface area contributed by atoms with Gasteiger partial charge in [0.25, 0.3) is 11.5 Å². The van der Waals surface area contributed by atoms with Crippen LogP contribution in [0.5, 0.6) is 0 Å². The molecular weight excluding hydrogens is 442 g/mol. The maximum atomic E-state index is 13.6. The van der Waals surface area contributed by atoms with Gasteiger partial charge in [-0.15, -0.1) is 0 Å². The summed E-state index contributed by atoms with van der Waals surface area (Å²) in [5.74, 6) is 0.156. The quantitative estimate of drug-likeness (QED) is 0.459. The first-order chi connectivity index (χ1) is 17.0. The molecule has 3 aromatic rings. The monoisotopic (exact) mass is 475 g/mol. The van der Waals surface area contributed by atoms with E-state index in [9.17, 15) is 9.59 Å². The van der Waals surface area contributed by atoms with Gasteiger partial charge in [-0.05, 0) is 62.0 Å². The van der Waals surface area contributed by atoms with Gasteiger partial charge in [-0.2, -0.15) is 0 Å². The van der Waals surface area contributed by atoms with Crippen molar-refractivity contribution in [3.05, 3.63) is 88.0 Å². The van der Waals surface area contributed by atoms with Crippen LogP contribution in [0.2, 0.25) is 0 Å². The van der Waals surface area contributed by atoms with Gasteiger partial charge >= 0.3 is 0 Å². The molecule has 1 saturated heterocycles. The lowest BCUT2D eigenvalue weighted by molar-refractivity contribution is 0.0537. The lowest BCUT2D eigenvalue weighted by Gasteiger charge is -2.29. The fourth-order valence-electron chi connectivity index (χ4n) is 4.70. The predicted molar refractivity (Wildman–Crippen MR) is 137 cm³/mol. The van der Waals surface area contributed by atoms with Crippen molar-refractivity contribution in [2.24, 2.45) is 5.92 Å². The minimum Gasteiger partial charge on any atom is -0.358 e. The highest BCUT2D eigenvalue weighted by atomic mass is 16.6. The molecule has 0 saturated carbocycles. The first kappa shape index (κ1) is 24.6. The van der Waals surface area contributed by atoms with Gasteiger partial charge in [0.05, 0.1) is 18.8 Å². The number of amides is 1. The number of benzene rings is 2. The molecule has 0 aliphatic carbocycles. The lowest BCUT2D eigenvalue weighted by atomic mass is 9.94. The van der Waals surface area contributed by atoms with Crippen molar-refractivity contribution in [2.75, 3.05) is 32.1 Å². The van der Waals surface area contributed by atoms with Gasteiger partial charge < -0.3 is 10.2 Å². The maximum absolute atomic E-state index is 13.6. The minimum absolute atomic E-state index is 0.0761. The molecule has 8 nitrogen and oxygen atoms in total. The van der Waals surface area contributed by atoms with Gasteiger partial charge in [0.2, 0.25) is 0 Å². The number of rotatable bonds is 9. The number of nitrogens with zero attached hydrogens (tertiary/aromatic N) is 3. The van der Waals surface area contributed by atoms with E-state index in [1.54, 1.807) is 24.5 Å². The Morgan fingerprint density at radius 2 is 1.89 bits per heavy atom. The summed E-state index contributed by atoms with van der Waals surface area (Å²) < 4.78 is 1.53. The second-order valence-corrected chi connectivity index (χ2v) is 9.11. The van der Waals surface area contributed by atoms with Gasteiger partial charge in [-0.25, -0.2) is 10.5 Å². The van der Waals surface area contributed by atoms with Crippen LogP contribution >= 0.6 is 0 Å². The van der Waals surface area contributed by atoms with E-state index >= 15 is 0 Å². The number of hydrogen-bond acceptors (Lipinski definition) is 6. The van der Waals surface area contributed by atoms with Crippen LogP contribution in [0, 0.1) is 12.8 Å². The Balaban J connectivity index is 1.67. The zero-order valence-corrected chi connectivity index (χ0v) is 20.5. The van der Waals surface area contributed by atoms with Crippen LogP contribution in [0.4, 0.5) is 5.82 Å². The molecule has 0 spiro atoms. The zero-order chi connectivity index (χ0) is 24.8. The normalized spacial score (nSPS) is 15.5. The van der Waals surface area contributed by atoms with Crippen molar-refractivity contribution in [1.29, 1.82) is 0 Å². The van der Waals surface area contributed by atoms with Crippen LogP contribution in [-0.2, 0) is 4.84 Å². The molecule has 0 radical (unpaired) electrons. The van der Waals surface area contributed by atoms with Crippen LogP contribution in [0.15, 0.2) is 65.7 Å². The van der Waals surface area contributed by atoms with Crippen LogP contribution in [0.3, 0.4) is 0 Å². The summed E-state index contributed by atoms with van der Waals surface area (Å²) in [6.07, 6.45) is 5.71. The number of carbonyl (C=O) groups excluding carboxylic acids is 1. The average Bonchev–Trinajstić information content (AvgIpc) is 3.37. The molecule has 1 aromatic heterocycles. The Labute approximate surface area is 205 Å². The molecule has 8 heteroatoms. The van der Waals surface area contributed by atoms with Gasteiger partial charge in [0.15, 0.2) is 5.82 Å². The summed E-state index contributed by atoms with van der Waals surface area (Å²) in [5.41, 5.74) is 5.04. The Morgan fingerprint density at radius 1 is 1.14 bits per heavy atom. The fourth-order valence-corrected chi connectivity index (χ4v) is 4.70. The number of nitrogens with one attached hydrogen (secondary N) is 2. The fraction of sp³-hybridized carbons (Fsp3) is 0.370. The number of aryl methyl sites for hydroxylation is 1. The molecule has 2 atom stereocenters. The van der Waals surface area contributed by atoms with E-state index in [2.05, 4.69) is 39.7 Å². The molecule has 0 unspecified atom stereocenters. The van der Waals surface area contributed by atoms with Gasteiger partial charge in [-0.1, -0.05) is 43.3 Å². The Bertz CT molecular complexity index is 1200. The molecule has 184 valence electrons. The largest absolute Gasteiger partial charge is 0.358 e. The first-order valence-electron chi connectivity index (χ1n) is 12.0. The van der Waals surface area contributed by atoms with E-state index < -0.39 is 0 Å². The van der Waals surface area contributed by atoms with Crippen LogP contribution in [0.1, 0.15) is 47.3 Å². The van der Waals surface area contributed by atoms with Crippen molar-refractivity contribution in [3.63, 3.8) is 0 Å². The van der Waals surface area contributed by atoms with Crippen molar-refractivity contribution in [3.8, 4) is 5.69 Å². The summed E-state index contributed by atoms with van der Waals surface area (Å²) in [6, 6.07) is 15.3. The summed E-state index contributed by atoms with van der Waals surface area (Å²) in [6.45, 7) is 7.30. The number of hydroxylamine groups is 1. The Hall–Kier alpha value is -3.49. The summed E-state index contributed by atoms with van der Waals surface area (Å²) in [5, 5.41) is 3.45. The number of likely N-dealkylation sites (tertiary alicyclic amines) is 1. The second-order valence-electron chi connectivity index (χ2n) is 9.11. The van der Waals surface area contributed by atoms with Gasteiger partial charge in [0.1, 0.15) is 0 Å². The summed E-state index contributed by atoms with van der Waals surface area (Å²) in [7, 11) is 1.38. The Morgan fingerprint density at radius 3 is 2.60 bits per heavy atom. The third kappa shape index (κ3) is 5.78.